The van der Waals surface area contributed by atoms with Crippen molar-refractivity contribution in [3.63, 3.8) is 0 Å². The average molecular weight is 268 g/mol. The molecule has 2 aromatic heterocycles. The Morgan fingerprint density at radius 2 is 2.33 bits per heavy atom. The van der Waals surface area contributed by atoms with Crippen LogP contribution >= 0.6 is 11.6 Å². The van der Waals surface area contributed by atoms with E-state index in [0.717, 1.165) is 0 Å². The third kappa shape index (κ3) is 2.57. The second-order valence-electron chi connectivity index (χ2n) is 3.46. The van der Waals surface area contributed by atoms with Crippen LogP contribution in [0.1, 0.15) is 6.92 Å². The molecule has 0 radical (unpaired) electrons. The SMILES string of the molecule is CCNc1cc([N+](=O)[O-])cc(-n2cc(Cl)cn2)n1. The number of nitrogens with zero attached hydrogens (tertiary/aromatic N) is 4. The van der Waals surface area contributed by atoms with E-state index in [9.17, 15) is 10.1 Å². The molecule has 0 aliphatic rings. The van der Waals surface area contributed by atoms with Crippen LogP contribution in [0.15, 0.2) is 24.5 Å². The standard InChI is InChI=1S/C10H10ClN5O2/c1-2-12-9-3-8(16(17)18)4-10(14-9)15-6-7(11)5-13-15/h3-6H,2H2,1H3,(H,12,14). The summed E-state index contributed by atoms with van der Waals surface area (Å²) in [5.74, 6) is 0.764. The van der Waals surface area contributed by atoms with Gasteiger partial charge in [-0.05, 0) is 6.92 Å². The number of hydrogen-bond donors (Lipinski definition) is 1. The summed E-state index contributed by atoms with van der Waals surface area (Å²) >= 11 is 5.75. The van der Waals surface area contributed by atoms with Gasteiger partial charge in [0.25, 0.3) is 5.69 Å². The fourth-order valence-electron chi connectivity index (χ4n) is 1.42. The highest BCUT2D eigenvalue weighted by molar-refractivity contribution is 6.30. The molecule has 0 spiro atoms. The number of nitrogens with one attached hydrogen (secondary N) is 1. The van der Waals surface area contributed by atoms with Gasteiger partial charge in [-0.2, -0.15) is 5.10 Å². The molecule has 7 nitrogen and oxygen atoms in total. The Morgan fingerprint density at radius 1 is 1.56 bits per heavy atom. The monoisotopic (exact) mass is 267 g/mol. The van der Waals surface area contributed by atoms with Gasteiger partial charge in [0.15, 0.2) is 5.82 Å². The molecule has 0 bridgehead atoms. The van der Waals surface area contributed by atoms with Gasteiger partial charge >= 0.3 is 0 Å². The average Bonchev–Trinajstić information content (AvgIpc) is 2.76. The molecule has 2 aromatic rings. The lowest BCUT2D eigenvalue weighted by Gasteiger charge is -2.05. The Kier molecular flexibility index (Phi) is 3.42. The fraction of sp³-hybridized carbons (Fsp3) is 0.200. The summed E-state index contributed by atoms with van der Waals surface area (Å²) in [5, 5.41) is 18.2. The zero-order valence-corrected chi connectivity index (χ0v) is 10.3. The maximum atomic E-state index is 10.8. The largest absolute Gasteiger partial charge is 0.370 e. The first-order chi connectivity index (χ1) is 8.60. The van der Waals surface area contributed by atoms with Gasteiger partial charge in [-0.15, -0.1) is 0 Å². The number of hydrogen-bond acceptors (Lipinski definition) is 5. The highest BCUT2D eigenvalue weighted by Crippen LogP contribution is 2.20. The van der Waals surface area contributed by atoms with E-state index >= 15 is 0 Å². The molecule has 0 amide bonds. The smallest absolute Gasteiger partial charge is 0.276 e. The number of anilines is 1. The van der Waals surface area contributed by atoms with Gasteiger partial charge in [0.05, 0.1) is 34.5 Å². The molecule has 2 heterocycles. The third-order valence-corrected chi connectivity index (χ3v) is 2.35. The molecule has 18 heavy (non-hydrogen) atoms. The third-order valence-electron chi connectivity index (χ3n) is 2.15. The van der Waals surface area contributed by atoms with Crippen LogP contribution in [0.25, 0.3) is 5.82 Å². The van der Waals surface area contributed by atoms with Crippen LogP contribution in [-0.2, 0) is 0 Å². The van der Waals surface area contributed by atoms with E-state index < -0.39 is 4.92 Å². The lowest BCUT2D eigenvalue weighted by atomic mass is 10.3. The summed E-state index contributed by atoms with van der Waals surface area (Å²) in [6.07, 6.45) is 2.97. The summed E-state index contributed by atoms with van der Waals surface area (Å²) in [4.78, 5) is 14.6. The van der Waals surface area contributed by atoms with E-state index in [1.54, 1.807) is 0 Å². The minimum Gasteiger partial charge on any atom is -0.370 e. The van der Waals surface area contributed by atoms with Crippen LogP contribution in [0.2, 0.25) is 5.02 Å². The van der Waals surface area contributed by atoms with Gasteiger partial charge in [-0.3, -0.25) is 10.1 Å². The summed E-state index contributed by atoms with van der Waals surface area (Å²) in [7, 11) is 0. The van der Waals surface area contributed by atoms with Gasteiger partial charge in [0.1, 0.15) is 5.82 Å². The number of rotatable bonds is 4. The second-order valence-corrected chi connectivity index (χ2v) is 3.90. The van der Waals surface area contributed by atoms with Crippen molar-refractivity contribution in [2.24, 2.45) is 0 Å². The fourth-order valence-corrected chi connectivity index (χ4v) is 1.56. The molecule has 94 valence electrons. The summed E-state index contributed by atoms with van der Waals surface area (Å²) in [6, 6.07) is 2.71. The van der Waals surface area contributed by atoms with Crippen molar-refractivity contribution < 1.29 is 4.92 Å². The molecular formula is C10H10ClN5O2. The highest BCUT2D eigenvalue weighted by Gasteiger charge is 2.12. The van der Waals surface area contributed by atoms with Gasteiger partial charge in [0.2, 0.25) is 0 Å². The first-order valence-electron chi connectivity index (χ1n) is 5.21. The van der Waals surface area contributed by atoms with Gasteiger partial charge < -0.3 is 5.32 Å². The van der Waals surface area contributed by atoms with E-state index in [0.29, 0.717) is 23.2 Å². The Labute approximate surface area is 108 Å². The highest BCUT2D eigenvalue weighted by atomic mass is 35.5. The minimum absolute atomic E-state index is 0.0532. The molecule has 0 saturated carbocycles. The first kappa shape index (κ1) is 12.3. The summed E-state index contributed by atoms with van der Waals surface area (Å²) in [5.41, 5.74) is -0.0532. The molecule has 0 saturated heterocycles. The Hall–Kier alpha value is -2.15. The van der Waals surface area contributed by atoms with Crippen LogP contribution in [0.5, 0.6) is 0 Å². The van der Waals surface area contributed by atoms with Gasteiger partial charge in [-0.1, -0.05) is 11.6 Å². The van der Waals surface area contributed by atoms with E-state index in [2.05, 4.69) is 15.4 Å². The maximum Gasteiger partial charge on any atom is 0.276 e. The van der Waals surface area contributed by atoms with Crippen LogP contribution in [-0.4, -0.2) is 26.2 Å². The van der Waals surface area contributed by atoms with Crippen molar-refractivity contribution in [3.8, 4) is 5.82 Å². The first-order valence-corrected chi connectivity index (χ1v) is 5.59. The lowest BCUT2D eigenvalue weighted by Crippen LogP contribution is -2.05. The maximum absolute atomic E-state index is 10.8. The Morgan fingerprint density at radius 3 is 2.89 bits per heavy atom. The molecule has 1 N–H and O–H groups in total. The van der Waals surface area contributed by atoms with E-state index in [-0.39, 0.29) is 5.69 Å². The van der Waals surface area contributed by atoms with Crippen molar-refractivity contribution in [2.45, 2.75) is 6.92 Å². The van der Waals surface area contributed by atoms with Crippen molar-refractivity contribution in [1.29, 1.82) is 0 Å². The number of pyridine rings is 1. The molecule has 2 rings (SSSR count). The van der Waals surface area contributed by atoms with Crippen LogP contribution in [0.4, 0.5) is 11.5 Å². The normalized spacial score (nSPS) is 10.3. The zero-order valence-electron chi connectivity index (χ0n) is 9.50. The molecule has 0 fully saturated rings. The topological polar surface area (TPSA) is 85.9 Å². The van der Waals surface area contributed by atoms with Gasteiger partial charge in [-0.25, -0.2) is 9.67 Å². The summed E-state index contributed by atoms with van der Waals surface area (Å²) < 4.78 is 1.39. The molecule has 8 heteroatoms. The van der Waals surface area contributed by atoms with Gasteiger partial charge in [0, 0.05) is 6.54 Å². The molecule has 0 aliphatic heterocycles. The van der Waals surface area contributed by atoms with Crippen molar-refractivity contribution >= 4 is 23.1 Å². The summed E-state index contributed by atoms with van der Waals surface area (Å²) in [6.45, 7) is 2.50. The van der Waals surface area contributed by atoms with Crippen molar-refractivity contribution in [3.05, 3.63) is 39.7 Å². The van der Waals surface area contributed by atoms with E-state index in [1.165, 1.54) is 29.2 Å². The predicted octanol–water partition coefficient (Wildman–Crippen LogP) is 2.26. The van der Waals surface area contributed by atoms with Crippen molar-refractivity contribution in [2.75, 3.05) is 11.9 Å². The second kappa shape index (κ2) is 5.01. The van der Waals surface area contributed by atoms with E-state index in [4.69, 9.17) is 11.6 Å². The Bertz CT molecular complexity index is 583. The Balaban J connectivity index is 2.49. The molecule has 0 aliphatic carbocycles. The number of halogens is 1. The zero-order chi connectivity index (χ0) is 13.1. The quantitative estimate of drug-likeness (QED) is 0.678. The predicted molar refractivity (Wildman–Crippen MR) is 67.2 cm³/mol. The van der Waals surface area contributed by atoms with Crippen LogP contribution < -0.4 is 5.32 Å². The van der Waals surface area contributed by atoms with Crippen LogP contribution in [0, 0.1) is 10.1 Å². The number of nitro groups is 1. The molecular weight excluding hydrogens is 258 g/mol. The molecule has 0 aromatic carbocycles. The minimum atomic E-state index is -0.475. The number of aromatic nitrogens is 3. The molecule has 0 unspecified atom stereocenters. The molecule has 0 atom stereocenters. The van der Waals surface area contributed by atoms with E-state index in [1.807, 2.05) is 6.92 Å². The van der Waals surface area contributed by atoms with Crippen molar-refractivity contribution in [1.82, 2.24) is 14.8 Å². The van der Waals surface area contributed by atoms with Crippen LogP contribution in [0.3, 0.4) is 0 Å². The lowest BCUT2D eigenvalue weighted by molar-refractivity contribution is -0.384.